The Kier molecular flexibility index (Phi) is 7.62. The zero-order valence-corrected chi connectivity index (χ0v) is 22.0. The second-order valence-corrected chi connectivity index (χ2v) is 9.74. The molecule has 198 valence electrons. The summed E-state index contributed by atoms with van der Waals surface area (Å²) in [4.78, 5) is 17.9. The molecule has 1 aliphatic heterocycles. The van der Waals surface area contributed by atoms with Gasteiger partial charge in [0.15, 0.2) is 0 Å². The van der Waals surface area contributed by atoms with Crippen molar-refractivity contribution in [1.82, 2.24) is 19.7 Å². The normalized spacial score (nSPS) is 13.8. The van der Waals surface area contributed by atoms with Crippen molar-refractivity contribution in [2.45, 2.75) is 6.92 Å². The highest BCUT2D eigenvalue weighted by Gasteiger charge is 2.30. The lowest BCUT2D eigenvalue weighted by Crippen LogP contribution is -2.46. The molecule has 1 amide bonds. The number of carbonyl (C=O) groups excluding carboxylic acids is 1. The van der Waals surface area contributed by atoms with Gasteiger partial charge in [0.1, 0.15) is 29.5 Å². The Bertz CT molecular complexity index is 1430. The molecule has 2 heterocycles. The van der Waals surface area contributed by atoms with E-state index in [4.69, 9.17) is 9.47 Å². The maximum Gasteiger partial charge on any atom is 0.260 e. The number of para-hydroxylation sites is 1. The van der Waals surface area contributed by atoms with Crippen molar-refractivity contribution in [2.24, 2.45) is 0 Å². The first-order valence-corrected chi connectivity index (χ1v) is 12.9. The van der Waals surface area contributed by atoms with Gasteiger partial charge in [0.05, 0.1) is 5.52 Å². The number of halogens is 1. The fraction of sp³-hybridized carbons (Fsp3) is 0.300. The summed E-state index contributed by atoms with van der Waals surface area (Å²) in [6.45, 7) is 5.82. The average molecular weight is 517 g/mol. The van der Waals surface area contributed by atoms with Crippen LogP contribution >= 0.6 is 0 Å². The van der Waals surface area contributed by atoms with Crippen LogP contribution in [-0.4, -0.2) is 73.7 Å². The molecule has 0 aliphatic carbocycles. The highest BCUT2D eigenvalue weighted by molar-refractivity contribution is 6.10. The molecule has 0 radical (unpaired) electrons. The first kappa shape index (κ1) is 25.8. The molecule has 8 heteroatoms. The molecular formula is C30H33FN4O3. The lowest BCUT2D eigenvalue weighted by molar-refractivity contribution is 0.0735. The van der Waals surface area contributed by atoms with Crippen molar-refractivity contribution in [3.63, 3.8) is 0 Å². The van der Waals surface area contributed by atoms with Gasteiger partial charge in [-0.2, -0.15) is 0 Å². The number of carbonyl (C=O) groups is 1. The van der Waals surface area contributed by atoms with Gasteiger partial charge in [-0.25, -0.2) is 4.39 Å². The highest BCUT2D eigenvalue weighted by Crippen LogP contribution is 2.40. The van der Waals surface area contributed by atoms with Crippen LogP contribution in [0.15, 0.2) is 66.7 Å². The van der Waals surface area contributed by atoms with E-state index in [2.05, 4.69) is 10.2 Å². The maximum atomic E-state index is 14.3. The lowest BCUT2D eigenvalue weighted by atomic mass is 10.1. The largest absolute Gasteiger partial charge is 0.492 e. The summed E-state index contributed by atoms with van der Waals surface area (Å²) in [6.07, 6.45) is 0. The fourth-order valence-corrected chi connectivity index (χ4v) is 4.63. The van der Waals surface area contributed by atoms with Gasteiger partial charge in [-0.05, 0) is 56.9 Å². The Morgan fingerprint density at radius 3 is 2.53 bits per heavy atom. The van der Waals surface area contributed by atoms with Crippen LogP contribution in [0.2, 0.25) is 0 Å². The first-order valence-electron chi connectivity index (χ1n) is 12.9. The van der Waals surface area contributed by atoms with Gasteiger partial charge < -0.3 is 24.6 Å². The Morgan fingerprint density at radius 2 is 1.79 bits per heavy atom. The van der Waals surface area contributed by atoms with Gasteiger partial charge in [-0.15, -0.1) is 0 Å². The highest BCUT2D eigenvalue weighted by atomic mass is 19.1. The number of benzene rings is 3. The summed E-state index contributed by atoms with van der Waals surface area (Å²) in [5.74, 6) is 0.899. The van der Waals surface area contributed by atoms with Crippen LogP contribution in [-0.2, 0) is 0 Å². The van der Waals surface area contributed by atoms with Gasteiger partial charge >= 0.3 is 0 Å². The predicted molar refractivity (Wildman–Crippen MR) is 147 cm³/mol. The third kappa shape index (κ3) is 5.37. The van der Waals surface area contributed by atoms with Crippen molar-refractivity contribution in [3.8, 4) is 23.1 Å². The summed E-state index contributed by atoms with van der Waals surface area (Å²) in [5, 5.41) is 4.05. The van der Waals surface area contributed by atoms with Crippen molar-refractivity contribution >= 4 is 16.8 Å². The van der Waals surface area contributed by atoms with Gasteiger partial charge in [0.2, 0.25) is 5.88 Å². The topological polar surface area (TPSA) is 59.0 Å². The van der Waals surface area contributed by atoms with Gasteiger partial charge in [0.25, 0.3) is 5.91 Å². The minimum absolute atomic E-state index is 0.114. The van der Waals surface area contributed by atoms with Gasteiger partial charge in [0, 0.05) is 55.9 Å². The second-order valence-electron chi connectivity index (χ2n) is 9.74. The number of nitrogens with one attached hydrogen (secondary N) is 1. The molecule has 1 fully saturated rings. The molecule has 1 aromatic heterocycles. The molecule has 1 saturated heterocycles. The first-order chi connectivity index (χ1) is 18.4. The van der Waals surface area contributed by atoms with Crippen LogP contribution < -0.4 is 14.8 Å². The predicted octanol–water partition coefficient (Wildman–Crippen LogP) is 4.86. The number of likely N-dealkylation sites (N-methyl/N-ethyl adjacent to an activating group) is 1. The molecule has 0 bridgehead atoms. The molecular weight excluding hydrogens is 483 g/mol. The number of amides is 1. The lowest BCUT2D eigenvalue weighted by Gasteiger charge is -2.27. The SMILES string of the molecule is Cc1ccc(F)cc1Oc1c(C(=O)N2CCNCC2)c2ccc(OCCN(C)C)cc2n1-c1ccccc1. The summed E-state index contributed by atoms with van der Waals surface area (Å²) >= 11 is 0. The van der Waals surface area contributed by atoms with E-state index in [1.807, 2.05) is 79.0 Å². The van der Waals surface area contributed by atoms with E-state index < -0.39 is 5.82 Å². The number of hydrogen-bond acceptors (Lipinski definition) is 5. The number of ether oxygens (including phenoxy) is 2. The maximum absolute atomic E-state index is 14.3. The second kappa shape index (κ2) is 11.2. The van der Waals surface area contributed by atoms with E-state index in [9.17, 15) is 9.18 Å². The minimum Gasteiger partial charge on any atom is -0.492 e. The fourth-order valence-electron chi connectivity index (χ4n) is 4.63. The summed E-state index contributed by atoms with van der Waals surface area (Å²) in [7, 11) is 4.00. The molecule has 0 unspecified atom stereocenters. The summed E-state index contributed by atoms with van der Waals surface area (Å²) in [5.41, 5.74) is 2.83. The Labute approximate surface area is 222 Å². The molecule has 0 atom stereocenters. The third-order valence-electron chi connectivity index (χ3n) is 6.69. The van der Waals surface area contributed by atoms with E-state index in [1.54, 1.807) is 6.07 Å². The number of nitrogens with zero attached hydrogens (tertiary/aromatic N) is 3. The molecule has 0 saturated carbocycles. The molecule has 3 aromatic carbocycles. The van der Waals surface area contributed by atoms with E-state index in [0.29, 0.717) is 42.6 Å². The van der Waals surface area contributed by atoms with Crippen LogP contribution in [0.4, 0.5) is 4.39 Å². The van der Waals surface area contributed by atoms with Crippen LogP contribution in [0.3, 0.4) is 0 Å². The van der Waals surface area contributed by atoms with Crippen LogP contribution in [0, 0.1) is 12.7 Å². The van der Waals surface area contributed by atoms with Crippen LogP contribution in [0.5, 0.6) is 17.4 Å². The standard InChI is InChI=1S/C30H33FN4O3/c1-21-9-10-22(31)19-27(21)38-30-28(29(36)34-15-13-32-14-16-34)25-12-11-24(37-18-17-33(2)3)20-26(25)35(30)23-7-5-4-6-8-23/h4-12,19-20,32H,13-18H2,1-3H3. The number of rotatable bonds is 8. The van der Waals surface area contributed by atoms with E-state index >= 15 is 0 Å². The molecule has 5 rings (SSSR count). The molecule has 7 nitrogen and oxygen atoms in total. The Morgan fingerprint density at radius 1 is 1.03 bits per heavy atom. The Hall–Kier alpha value is -3.88. The number of hydrogen-bond donors (Lipinski definition) is 1. The number of aryl methyl sites for hydroxylation is 1. The van der Waals surface area contributed by atoms with Gasteiger partial charge in [-0.3, -0.25) is 9.36 Å². The third-order valence-corrected chi connectivity index (χ3v) is 6.69. The van der Waals surface area contributed by atoms with Gasteiger partial charge in [-0.1, -0.05) is 24.3 Å². The molecule has 1 N–H and O–H groups in total. The Balaban J connectivity index is 1.72. The number of piperazine rings is 1. The smallest absolute Gasteiger partial charge is 0.260 e. The summed E-state index contributed by atoms with van der Waals surface area (Å²) in [6, 6.07) is 19.9. The minimum atomic E-state index is -0.403. The zero-order valence-electron chi connectivity index (χ0n) is 22.0. The molecule has 4 aromatic rings. The number of fused-ring (bicyclic) bond motifs is 1. The summed E-state index contributed by atoms with van der Waals surface area (Å²) < 4.78 is 28.7. The van der Waals surface area contributed by atoms with Crippen LogP contribution in [0.1, 0.15) is 15.9 Å². The molecule has 1 aliphatic rings. The number of aromatic nitrogens is 1. The van der Waals surface area contributed by atoms with E-state index in [0.717, 1.165) is 41.8 Å². The molecule has 38 heavy (non-hydrogen) atoms. The monoisotopic (exact) mass is 516 g/mol. The van der Waals surface area contributed by atoms with Crippen molar-refractivity contribution in [2.75, 3.05) is 53.4 Å². The van der Waals surface area contributed by atoms with Crippen molar-refractivity contribution in [1.29, 1.82) is 0 Å². The van der Waals surface area contributed by atoms with Crippen molar-refractivity contribution in [3.05, 3.63) is 83.7 Å². The van der Waals surface area contributed by atoms with Crippen LogP contribution in [0.25, 0.3) is 16.6 Å². The zero-order chi connectivity index (χ0) is 26.6. The van der Waals surface area contributed by atoms with Crippen molar-refractivity contribution < 1.29 is 18.7 Å². The van der Waals surface area contributed by atoms with E-state index in [-0.39, 0.29) is 5.91 Å². The van der Waals surface area contributed by atoms with E-state index in [1.165, 1.54) is 12.1 Å². The molecule has 0 spiro atoms. The quantitative estimate of drug-likeness (QED) is 0.363. The average Bonchev–Trinajstić information content (AvgIpc) is 3.24.